The molecule has 1 heterocycles. The molecule has 3 rings (SSSR count). The number of para-hydroxylation sites is 1. The molecule has 2 aromatic carbocycles. The van der Waals surface area contributed by atoms with Crippen LogP contribution in [0.4, 0.5) is 11.4 Å². The van der Waals surface area contributed by atoms with Crippen molar-refractivity contribution in [2.24, 2.45) is 0 Å². The van der Waals surface area contributed by atoms with Crippen LogP contribution in [0.3, 0.4) is 0 Å². The molecule has 1 aliphatic heterocycles. The zero-order valence-electron chi connectivity index (χ0n) is 14.9. The highest BCUT2D eigenvalue weighted by molar-refractivity contribution is 5.62. The van der Waals surface area contributed by atoms with E-state index < -0.39 is 5.60 Å². The maximum absolute atomic E-state index is 10.3. The van der Waals surface area contributed by atoms with Crippen LogP contribution in [0.15, 0.2) is 54.6 Å². The van der Waals surface area contributed by atoms with Crippen molar-refractivity contribution in [3.8, 4) is 0 Å². The Kier molecular flexibility index (Phi) is 5.74. The first-order chi connectivity index (χ1) is 12.1. The van der Waals surface area contributed by atoms with Crippen molar-refractivity contribution in [3.63, 3.8) is 0 Å². The standard InChI is InChI=1S/C21H28N2O2/c1-22(19-6-3-2-4-7-19)20-10-8-18(9-11-20)16-23-14-5-12-21(25,17-24)13-15-23/h2-4,6-11,24-25H,5,12-17H2,1H3. The van der Waals surface area contributed by atoms with Crippen molar-refractivity contribution in [3.05, 3.63) is 60.2 Å². The number of nitrogens with zero attached hydrogens (tertiary/aromatic N) is 2. The van der Waals surface area contributed by atoms with Crippen molar-refractivity contribution in [1.82, 2.24) is 4.90 Å². The summed E-state index contributed by atoms with van der Waals surface area (Å²) < 4.78 is 0. The van der Waals surface area contributed by atoms with Crippen LogP contribution in [0.1, 0.15) is 24.8 Å². The zero-order valence-corrected chi connectivity index (χ0v) is 14.9. The minimum absolute atomic E-state index is 0.138. The lowest BCUT2D eigenvalue weighted by molar-refractivity contribution is -0.0255. The summed E-state index contributed by atoms with van der Waals surface area (Å²) in [6.07, 6.45) is 2.24. The molecule has 0 aromatic heterocycles. The van der Waals surface area contributed by atoms with E-state index in [1.54, 1.807) is 0 Å². The lowest BCUT2D eigenvalue weighted by Gasteiger charge is -2.24. The largest absolute Gasteiger partial charge is 0.393 e. The van der Waals surface area contributed by atoms with Crippen molar-refractivity contribution < 1.29 is 10.2 Å². The molecule has 0 aliphatic carbocycles. The Labute approximate surface area is 150 Å². The van der Waals surface area contributed by atoms with Crippen LogP contribution in [-0.4, -0.2) is 47.5 Å². The first kappa shape index (κ1) is 17.9. The summed E-state index contributed by atoms with van der Waals surface area (Å²) in [6, 6.07) is 19.0. The van der Waals surface area contributed by atoms with Crippen LogP contribution in [-0.2, 0) is 6.54 Å². The molecule has 1 saturated heterocycles. The fraction of sp³-hybridized carbons (Fsp3) is 0.429. The summed E-state index contributed by atoms with van der Waals surface area (Å²) in [7, 11) is 2.08. The minimum atomic E-state index is -0.892. The molecule has 0 spiro atoms. The molecule has 1 unspecified atom stereocenters. The number of hydrogen-bond acceptors (Lipinski definition) is 4. The molecule has 134 valence electrons. The van der Waals surface area contributed by atoms with Gasteiger partial charge >= 0.3 is 0 Å². The summed E-state index contributed by atoms with van der Waals surface area (Å²) >= 11 is 0. The predicted molar refractivity (Wildman–Crippen MR) is 102 cm³/mol. The SMILES string of the molecule is CN(c1ccccc1)c1ccc(CN2CCCC(O)(CO)CC2)cc1. The van der Waals surface area contributed by atoms with Gasteiger partial charge in [0.2, 0.25) is 0 Å². The van der Waals surface area contributed by atoms with Gasteiger partial charge in [-0.2, -0.15) is 0 Å². The molecule has 0 amide bonds. The van der Waals surface area contributed by atoms with Gasteiger partial charge in [-0.05, 0) is 55.6 Å². The minimum Gasteiger partial charge on any atom is -0.393 e. The second-order valence-electron chi connectivity index (χ2n) is 7.07. The van der Waals surface area contributed by atoms with E-state index in [9.17, 15) is 10.2 Å². The Morgan fingerprint density at radius 2 is 1.64 bits per heavy atom. The third-order valence-corrected chi connectivity index (χ3v) is 5.18. The molecule has 1 aliphatic rings. The highest BCUT2D eigenvalue weighted by atomic mass is 16.3. The molecule has 1 fully saturated rings. The predicted octanol–water partition coefficient (Wildman–Crippen LogP) is 3.16. The van der Waals surface area contributed by atoms with Crippen LogP contribution in [0.5, 0.6) is 0 Å². The monoisotopic (exact) mass is 340 g/mol. The Balaban J connectivity index is 1.61. The van der Waals surface area contributed by atoms with Gasteiger partial charge in [0.15, 0.2) is 0 Å². The Bertz CT molecular complexity index is 659. The molecule has 4 heteroatoms. The van der Waals surface area contributed by atoms with Gasteiger partial charge < -0.3 is 15.1 Å². The van der Waals surface area contributed by atoms with E-state index >= 15 is 0 Å². The fourth-order valence-electron chi connectivity index (χ4n) is 3.43. The fourth-order valence-corrected chi connectivity index (χ4v) is 3.43. The molecule has 4 nitrogen and oxygen atoms in total. The molecule has 2 aromatic rings. The maximum atomic E-state index is 10.3. The molecule has 0 saturated carbocycles. The highest BCUT2D eigenvalue weighted by Crippen LogP contribution is 2.25. The number of benzene rings is 2. The average molecular weight is 340 g/mol. The van der Waals surface area contributed by atoms with Crippen LogP contribution >= 0.6 is 0 Å². The molecule has 0 radical (unpaired) electrons. The van der Waals surface area contributed by atoms with E-state index in [0.717, 1.165) is 26.1 Å². The van der Waals surface area contributed by atoms with Crippen molar-refractivity contribution in [2.45, 2.75) is 31.4 Å². The van der Waals surface area contributed by atoms with Crippen LogP contribution in [0.2, 0.25) is 0 Å². The third-order valence-electron chi connectivity index (χ3n) is 5.18. The molecule has 1 atom stereocenters. The summed E-state index contributed by atoms with van der Waals surface area (Å²) in [5.41, 5.74) is 2.72. The molecular formula is C21H28N2O2. The summed E-state index contributed by atoms with van der Waals surface area (Å²) in [5.74, 6) is 0. The summed E-state index contributed by atoms with van der Waals surface area (Å²) in [6.45, 7) is 2.54. The van der Waals surface area contributed by atoms with Gasteiger partial charge in [-0.3, -0.25) is 4.90 Å². The molecule has 0 bridgehead atoms. The second-order valence-corrected chi connectivity index (χ2v) is 7.07. The lowest BCUT2D eigenvalue weighted by atomic mass is 9.96. The smallest absolute Gasteiger partial charge is 0.0890 e. The van der Waals surface area contributed by atoms with Crippen LogP contribution < -0.4 is 4.90 Å². The van der Waals surface area contributed by atoms with Gasteiger partial charge in [0.1, 0.15) is 0 Å². The van der Waals surface area contributed by atoms with Gasteiger partial charge in [0.25, 0.3) is 0 Å². The van der Waals surface area contributed by atoms with Gasteiger partial charge in [-0.25, -0.2) is 0 Å². The summed E-state index contributed by atoms with van der Waals surface area (Å²) in [5, 5.41) is 19.6. The van der Waals surface area contributed by atoms with Crippen molar-refractivity contribution in [2.75, 3.05) is 31.6 Å². The highest BCUT2D eigenvalue weighted by Gasteiger charge is 2.29. The van der Waals surface area contributed by atoms with Gasteiger partial charge in [0, 0.05) is 31.5 Å². The molecular weight excluding hydrogens is 312 g/mol. The van der Waals surface area contributed by atoms with E-state index in [2.05, 4.69) is 53.2 Å². The molecule has 2 N–H and O–H groups in total. The first-order valence-corrected chi connectivity index (χ1v) is 9.03. The van der Waals surface area contributed by atoms with E-state index in [-0.39, 0.29) is 6.61 Å². The topological polar surface area (TPSA) is 46.9 Å². The zero-order chi connectivity index (χ0) is 17.7. The maximum Gasteiger partial charge on any atom is 0.0890 e. The number of aliphatic hydroxyl groups is 2. The van der Waals surface area contributed by atoms with Crippen molar-refractivity contribution in [1.29, 1.82) is 0 Å². The van der Waals surface area contributed by atoms with E-state index in [1.807, 2.05) is 18.2 Å². The number of anilines is 2. The number of rotatable bonds is 5. The number of hydrogen-bond donors (Lipinski definition) is 2. The van der Waals surface area contributed by atoms with Gasteiger partial charge in [0.05, 0.1) is 12.2 Å². The van der Waals surface area contributed by atoms with E-state index in [1.165, 1.54) is 16.9 Å². The third kappa shape index (κ3) is 4.60. The Morgan fingerprint density at radius 3 is 2.32 bits per heavy atom. The van der Waals surface area contributed by atoms with E-state index in [0.29, 0.717) is 12.8 Å². The Hall–Kier alpha value is -1.88. The van der Waals surface area contributed by atoms with Crippen LogP contribution in [0.25, 0.3) is 0 Å². The Morgan fingerprint density at radius 1 is 0.960 bits per heavy atom. The second kappa shape index (κ2) is 8.00. The number of likely N-dealkylation sites (tertiary alicyclic amines) is 1. The van der Waals surface area contributed by atoms with Gasteiger partial charge in [-0.15, -0.1) is 0 Å². The van der Waals surface area contributed by atoms with Gasteiger partial charge in [-0.1, -0.05) is 30.3 Å². The van der Waals surface area contributed by atoms with Crippen LogP contribution in [0, 0.1) is 0 Å². The van der Waals surface area contributed by atoms with Crippen molar-refractivity contribution >= 4 is 11.4 Å². The lowest BCUT2D eigenvalue weighted by Crippen LogP contribution is -2.34. The average Bonchev–Trinajstić information content (AvgIpc) is 2.85. The summed E-state index contributed by atoms with van der Waals surface area (Å²) in [4.78, 5) is 4.54. The molecule has 25 heavy (non-hydrogen) atoms. The van der Waals surface area contributed by atoms with E-state index in [4.69, 9.17) is 0 Å². The first-order valence-electron chi connectivity index (χ1n) is 9.03. The number of aliphatic hydroxyl groups excluding tert-OH is 1. The quantitative estimate of drug-likeness (QED) is 0.878. The normalized spacial score (nSPS) is 21.7.